The number of hydrogen-bond acceptors (Lipinski definition) is 8. The molecule has 1 aromatic carbocycles. The van der Waals surface area contributed by atoms with Crippen LogP contribution in [0, 0.1) is 0 Å². The molecule has 2 heterocycles. The maximum Gasteiger partial charge on any atom is 0.316 e. The number of likely N-dealkylation sites (N-methyl/N-ethyl adjacent to an activating group) is 1. The van der Waals surface area contributed by atoms with Crippen LogP contribution in [-0.2, 0) is 16.8 Å². The Morgan fingerprint density at radius 3 is 2.50 bits per heavy atom. The number of ether oxygens (including phenoxy) is 1. The van der Waals surface area contributed by atoms with Gasteiger partial charge in [0.05, 0.1) is 31.5 Å². The Labute approximate surface area is 211 Å². The quantitative estimate of drug-likeness (QED) is 0.416. The Hall–Kier alpha value is -4.05. The number of carbonyl (C=O) groups excluding carboxylic acids is 2. The molecule has 0 bridgehead atoms. The molecule has 0 unspecified atom stereocenters. The molecule has 0 spiro atoms. The second-order valence-corrected chi connectivity index (χ2v) is 9.54. The Morgan fingerprint density at radius 2 is 1.81 bits per heavy atom. The topological polar surface area (TPSA) is 121 Å². The van der Waals surface area contributed by atoms with E-state index in [0.29, 0.717) is 35.0 Å². The van der Waals surface area contributed by atoms with Gasteiger partial charge in [0.15, 0.2) is 0 Å². The van der Waals surface area contributed by atoms with Gasteiger partial charge in [-0.2, -0.15) is 4.98 Å². The Balaban J connectivity index is 1.80. The number of carbonyl (C=O) groups is 2. The first kappa shape index (κ1) is 26.6. The van der Waals surface area contributed by atoms with Crippen LogP contribution >= 0.6 is 0 Å². The van der Waals surface area contributed by atoms with Crippen molar-refractivity contribution in [2.24, 2.45) is 0 Å². The average Bonchev–Trinajstić information content (AvgIpc) is 2.82. The van der Waals surface area contributed by atoms with E-state index in [9.17, 15) is 9.59 Å². The molecule has 0 fully saturated rings. The molecule has 2 amide bonds. The first-order chi connectivity index (χ1) is 17.1. The van der Waals surface area contributed by atoms with Crippen LogP contribution in [0.3, 0.4) is 0 Å². The largest absolute Gasteiger partial charge is 0.467 e. The molecule has 3 N–H and O–H groups in total. The van der Waals surface area contributed by atoms with Gasteiger partial charge in [0, 0.05) is 23.8 Å². The standard InChI is InChI=1S/C26H33N7O3/c1-26(2,3)20-10-9-17(14-21(20)32-22(34)16-33(4)5)30-24(35)19-8-7-12-27-23(19)29-15-18-11-13-28-25(31-18)36-6/h7-14H,15-16H2,1-6H3,(H,27,29)(H,30,35)(H,32,34). The highest BCUT2D eigenvalue weighted by Gasteiger charge is 2.21. The highest BCUT2D eigenvalue weighted by molar-refractivity contribution is 6.07. The summed E-state index contributed by atoms with van der Waals surface area (Å²) < 4.78 is 5.06. The van der Waals surface area contributed by atoms with Gasteiger partial charge < -0.3 is 25.6 Å². The van der Waals surface area contributed by atoms with E-state index < -0.39 is 0 Å². The summed E-state index contributed by atoms with van der Waals surface area (Å²) in [6, 6.07) is 10.9. The van der Waals surface area contributed by atoms with E-state index in [2.05, 4.69) is 51.7 Å². The van der Waals surface area contributed by atoms with E-state index in [4.69, 9.17) is 4.74 Å². The minimum Gasteiger partial charge on any atom is -0.467 e. The van der Waals surface area contributed by atoms with E-state index in [1.54, 1.807) is 41.6 Å². The van der Waals surface area contributed by atoms with E-state index >= 15 is 0 Å². The molecular formula is C26H33N7O3. The molecule has 190 valence electrons. The van der Waals surface area contributed by atoms with Crippen molar-refractivity contribution in [1.82, 2.24) is 19.9 Å². The number of pyridine rings is 1. The van der Waals surface area contributed by atoms with Crippen molar-refractivity contribution in [3.8, 4) is 6.01 Å². The van der Waals surface area contributed by atoms with Crippen molar-refractivity contribution in [3.05, 3.63) is 65.6 Å². The number of nitrogens with one attached hydrogen (secondary N) is 3. The smallest absolute Gasteiger partial charge is 0.316 e. The third kappa shape index (κ3) is 7.22. The summed E-state index contributed by atoms with van der Waals surface area (Å²) >= 11 is 0. The Bertz CT molecular complexity index is 1220. The summed E-state index contributed by atoms with van der Waals surface area (Å²) in [7, 11) is 5.17. The summed E-state index contributed by atoms with van der Waals surface area (Å²) in [5.74, 6) is -0.0487. The first-order valence-electron chi connectivity index (χ1n) is 11.5. The zero-order chi connectivity index (χ0) is 26.3. The van der Waals surface area contributed by atoms with Gasteiger partial charge in [-0.25, -0.2) is 9.97 Å². The Morgan fingerprint density at radius 1 is 1.03 bits per heavy atom. The number of hydrogen-bond donors (Lipinski definition) is 3. The minimum atomic E-state index is -0.333. The summed E-state index contributed by atoms with van der Waals surface area (Å²) in [5, 5.41) is 9.06. The number of benzene rings is 1. The van der Waals surface area contributed by atoms with Gasteiger partial charge >= 0.3 is 6.01 Å². The molecule has 10 nitrogen and oxygen atoms in total. The van der Waals surface area contributed by atoms with Gasteiger partial charge in [-0.3, -0.25) is 9.59 Å². The van der Waals surface area contributed by atoms with Crippen molar-refractivity contribution in [2.75, 3.05) is 43.7 Å². The summed E-state index contributed by atoms with van der Waals surface area (Å²) in [6.07, 6.45) is 3.21. The predicted molar refractivity (Wildman–Crippen MR) is 140 cm³/mol. The lowest BCUT2D eigenvalue weighted by Gasteiger charge is -2.24. The van der Waals surface area contributed by atoms with Crippen LogP contribution in [0.5, 0.6) is 6.01 Å². The number of amides is 2. The maximum absolute atomic E-state index is 13.2. The maximum atomic E-state index is 13.2. The van der Waals surface area contributed by atoms with E-state index in [0.717, 1.165) is 5.56 Å². The zero-order valence-electron chi connectivity index (χ0n) is 21.5. The highest BCUT2D eigenvalue weighted by Crippen LogP contribution is 2.32. The fourth-order valence-corrected chi connectivity index (χ4v) is 3.53. The van der Waals surface area contributed by atoms with Crippen LogP contribution in [0.2, 0.25) is 0 Å². The van der Waals surface area contributed by atoms with Crippen molar-refractivity contribution < 1.29 is 14.3 Å². The van der Waals surface area contributed by atoms with E-state index in [1.165, 1.54) is 7.11 Å². The third-order valence-electron chi connectivity index (χ3n) is 5.18. The molecular weight excluding hydrogens is 458 g/mol. The normalized spacial score (nSPS) is 11.2. The van der Waals surface area contributed by atoms with Gasteiger partial charge in [0.1, 0.15) is 5.82 Å². The average molecular weight is 492 g/mol. The van der Waals surface area contributed by atoms with Gasteiger partial charge in [-0.1, -0.05) is 26.8 Å². The molecule has 0 aliphatic rings. The van der Waals surface area contributed by atoms with Crippen molar-refractivity contribution in [1.29, 1.82) is 0 Å². The van der Waals surface area contributed by atoms with Crippen LogP contribution in [-0.4, -0.2) is 59.4 Å². The lowest BCUT2D eigenvalue weighted by atomic mass is 9.85. The predicted octanol–water partition coefficient (Wildman–Crippen LogP) is 3.54. The number of anilines is 3. The van der Waals surface area contributed by atoms with Crippen LogP contribution in [0.1, 0.15) is 42.4 Å². The molecule has 10 heteroatoms. The lowest BCUT2D eigenvalue weighted by Crippen LogP contribution is -2.28. The minimum absolute atomic E-state index is 0.130. The van der Waals surface area contributed by atoms with Crippen molar-refractivity contribution in [2.45, 2.75) is 32.7 Å². The van der Waals surface area contributed by atoms with Crippen LogP contribution in [0.25, 0.3) is 0 Å². The molecule has 0 radical (unpaired) electrons. The van der Waals surface area contributed by atoms with Crippen LogP contribution in [0.4, 0.5) is 17.2 Å². The van der Waals surface area contributed by atoms with Gasteiger partial charge in [-0.15, -0.1) is 0 Å². The van der Waals surface area contributed by atoms with Crippen molar-refractivity contribution >= 4 is 29.0 Å². The molecule has 3 rings (SSSR count). The van der Waals surface area contributed by atoms with Crippen LogP contribution in [0.15, 0.2) is 48.8 Å². The number of nitrogens with zero attached hydrogens (tertiary/aromatic N) is 4. The second kappa shape index (κ2) is 11.6. The van der Waals surface area contributed by atoms with E-state index in [-0.39, 0.29) is 29.8 Å². The molecule has 0 aliphatic heterocycles. The summed E-state index contributed by atoms with van der Waals surface area (Å²) in [4.78, 5) is 40.0. The SMILES string of the molecule is COc1nccc(CNc2ncccc2C(=O)Nc2ccc(C(C)(C)C)c(NC(=O)CN(C)C)c2)n1. The van der Waals surface area contributed by atoms with Crippen LogP contribution < -0.4 is 20.7 Å². The lowest BCUT2D eigenvalue weighted by molar-refractivity contribution is -0.116. The van der Waals surface area contributed by atoms with Crippen molar-refractivity contribution in [3.63, 3.8) is 0 Å². The molecule has 0 saturated heterocycles. The molecule has 36 heavy (non-hydrogen) atoms. The number of rotatable bonds is 9. The number of aromatic nitrogens is 3. The highest BCUT2D eigenvalue weighted by atomic mass is 16.5. The first-order valence-corrected chi connectivity index (χ1v) is 11.5. The fourth-order valence-electron chi connectivity index (χ4n) is 3.53. The molecule has 0 aliphatic carbocycles. The third-order valence-corrected chi connectivity index (χ3v) is 5.18. The zero-order valence-corrected chi connectivity index (χ0v) is 21.5. The molecule has 0 saturated carbocycles. The Kier molecular flexibility index (Phi) is 8.55. The summed E-state index contributed by atoms with van der Waals surface area (Å²) in [5.41, 5.74) is 3.05. The molecule has 0 atom stereocenters. The second-order valence-electron chi connectivity index (χ2n) is 9.54. The molecule has 3 aromatic rings. The van der Waals surface area contributed by atoms with E-state index in [1.807, 2.05) is 26.2 Å². The van der Waals surface area contributed by atoms with Gasteiger partial charge in [-0.05, 0) is 55.4 Å². The monoisotopic (exact) mass is 491 g/mol. The fraction of sp³-hybridized carbons (Fsp3) is 0.346. The van der Waals surface area contributed by atoms with Gasteiger partial charge in [0.25, 0.3) is 5.91 Å². The summed E-state index contributed by atoms with van der Waals surface area (Å²) in [6.45, 7) is 6.80. The molecule has 2 aromatic heterocycles. The van der Waals surface area contributed by atoms with Gasteiger partial charge in [0.2, 0.25) is 5.91 Å². The number of methoxy groups -OCH3 is 1.